The first-order valence-corrected chi connectivity index (χ1v) is 8.41. The Kier molecular flexibility index (Phi) is 3.38. The van der Waals surface area contributed by atoms with Crippen molar-refractivity contribution in [1.82, 2.24) is 4.57 Å². The summed E-state index contributed by atoms with van der Waals surface area (Å²) in [6.45, 7) is 8.28. The standard InChI is InChI=1S/C20H22BNO2/c1-19(2)20(3,4)24-21(23-19)13-14-22-17-11-7-5-9-15(17)16-10-6-8-12-18(16)22/h5-14H,1-4H3/b14-13+. The van der Waals surface area contributed by atoms with Crippen LogP contribution >= 0.6 is 0 Å². The molecule has 1 aliphatic rings. The normalized spacial score (nSPS) is 19.8. The van der Waals surface area contributed by atoms with Crippen molar-refractivity contribution in [1.29, 1.82) is 0 Å². The van der Waals surface area contributed by atoms with Gasteiger partial charge >= 0.3 is 7.12 Å². The zero-order valence-corrected chi connectivity index (χ0v) is 14.6. The number of hydrogen-bond acceptors (Lipinski definition) is 2. The van der Waals surface area contributed by atoms with Crippen molar-refractivity contribution in [2.45, 2.75) is 38.9 Å². The van der Waals surface area contributed by atoms with Crippen LogP contribution in [0.3, 0.4) is 0 Å². The van der Waals surface area contributed by atoms with Crippen LogP contribution in [0.1, 0.15) is 27.7 Å². The second-order valence-electron chi connectivity index (χ2n) is 7.37. The molecule has 2 aromatic carbocycles. The number of hydrogen-bond donors (Lipinski definition) is 0. The number of para-hydroxylation sites is 2. The van der Waals surface area contributed by atoms with Crippen LogP contribution in [-0.4, -0.2) is 22.9 Å². The van der Waals surface area contributed by atoms with E-state index < -0.39 is 0 Å². The van der Waals surface area contributed by atoms with Crippen LogP contribution < -0.4 is 0 Å². The van der Waals surface area contributed by atoms with Crippen LogP contribution in [0.25, 0.3) is 28.0 Å². The van der Waals surface area contributed by atoms with Gasteiger partial charge in [-0.3, -0.25) is 0 Å². The van der Waals surface area contributed by atoms with Gasteiger partial charge in [0, 0.05) is 17.0 Å². The van der Waals surface area contributed by atoms with Crippen molar-refractivity contribution in [3.63, 3.8) is 0 Å². The molecule has 0 saturated carbocycles. The summed E-state index contributed by atoms with van der Waals surface area (Å²) in [6.07, 6.45) is 2.06. The van der Waals surface area contributed by atoms with Gasteiger partial charge in [-0.25, -0.2) is 0 Å². The summed E-state index contributed by atoms with van der Waals surface area (Å²) < 4.78 is 14.3. The van der Waals surface area contributed by atoms with Gasteiger partial charge in [0.05, 0.1) is 22.2 Å². The van der Waals surface area contributed by atoms with Crippen molar-refractivity contribution in [2.75, 3.05) is 0 Å². The number of nitrogens with zero attached hydrogens (tertiary/aromatic N) is 1. The van der Waals surface area contributed by atoms with Gasteiger partial charge in [0.15, 0.2) is 0 Å². The van der Waals surface area contributed by atoms with E-state index in [1.54, 1.807) is 0 Å². The van der Waals surface area contributed by atoms with E-state index in [-0.39, 0.29) is 18.3 Å². The third kappa shape index (κ3) is 2.29. The Labute approximate surface area is 143 Å². The van der Waals surface area contributed by atoms with Gasteiger partial charge in [-0.15, -0.1) is 0 Å². The molecule has 0 aliphatic carbocycles. The van der Waals surface area contributed by atoms with Crippen LogP contribution in [0, 0.1) is 0 Å². The molecule has 4 rings (SSSR count). The molecular weight excluding hydrogens is 297 g/mol. The van der Waals surface area contributed by atoms with Crippen molar-refractivity contribution < 1.29 is 9.31 Å². The summed E-state index contributed by atoms with van der Waals surface area (Å²) in [7, 11) is -0.338. The van der Waals surface area contributed by atoms with Gasteiger partial charge in [0.2, 0.25) is 0 Å². The molecule has 2 heterocycles. The van der Waals surface area contributed by atoms with E-state index in [9.17, 15) is 0 Å². The minimum absolute atomic E-state index is 0.317. The SMILES string of the molecule is CC1(C)OB(/C=C/n2c3ccccc3c3ccccc32)OC1(C)C. The first-order valence-electron chi connectivity index (χ1n) is 8.41. The molecule has 1 aliphatic heterocycles. The quantitative estimate of drug-likeness (QED) is 0.627. The van der Waals surface area contributed by atoms with Gasteiger partial charge in [-0.05, 0) is 45.8 Å². The first-order chi connectivity index (χ1) is 11.4. The largest absolute Gasteiger partial charge is 0.488 e. The number of rotatable bonds is 2. The van der Waals surface area contributed by atoms with E-state index in [1.807, 2.05) is 5.98 Å². The van der Waals surface area contributed by atoms with Crippen molar-refractivity contribution >= 4 is 35.1 Å². The smallest absolute Gasteiger partial charge is 0.400 e. The van der Waals surface area contributed by atoms with Crippen LogP contribution in [0.2, 0.25) is 0 Å². The Morgan fingerprint density at radius 2 is 1.25 bits per heavy atom. The van der Waals surface area contributed by atoms with Crippen LogP contribution in [0.15, 0.2) is 54.5 Å². The topological polar surface area (TPSA) is 23.4 Å². The Morgan fingerprint density at radius 3 is 1.75 bits per heavy atom. The molecule has 0 atom stereocenters. The number of aromatic nitrogens is 1. The molecule has 0 N–H and O–H groups in total. The summed E-state index contributed by atoms with van der Waals surface area (Å²) in [5.41, 5.74) is 1.74. The lowest BCUT2D eigenvalue weighted by Crippen LogP contribution is -2.41. The molecule has 0 unspecified atom stereocenters. The summed E-state index contributed by atoms with van der Waals surface area (Å²) >= 11 is 0. The Balaban J connectivity index is 1.77. The van der Waals surface area contributed by atoms with E-state index in [1.165, 1.54) is 21.8 Å². The molecule has 0 amide bonds. The van der Waals surface area contributed by atoms with Crippen LogP contribution in [-0.2, 0) is 9.31 Å². The summed E-state index contributed by atoms with van der Waals surface area (Å²) in [6, 6.07) is 16.9. The monoisotopic (exact) mass is 319 g/mol. The molecule has 0 spiro atoms. The van der Waals surface area contributed by atoms with Gasteiger partial charge in [-0.1, -0.05) is 36.4 Å². The second-order valence-corrected chi connectivity index (χ2v) is 7.37. The lowest BCUT2D eigenvalue weighted by Gasteiger charge is -2.32. The van der Waals surface area contributed by atoms with E-state index in [0.717, 1.165) is 0 Å². The molecule has 24 heavy (non-hydrogen) atoms. The zero-order chi connectivity index (χ0) is 16.9. The molecule has 1 aromatic heterocycles. The average molecular weight is 319 g/mol. The predicted octanol–water partition coefficient (Wildman–Crippen LogP) is 4.90. The minimum atomic E-state index is -0.338. The second kappa shape index (κ2) is 5.23. The van der Waals surface area contributed by atoms with Crippen LogP contribution in [0.5, 0.6) is 0 Å². The van der Waals surface area contributed by atoms with Crippen molar-refractivity contribution in [2.24, 2.45) is 0 Å². The maximum Gasteiger partial charge on any atom is 0.488 e. The third-order valence-corrected chi connectivity index (χ3v) is 5.28. The van der Waals surface area contributed by atoms with E-state index >= 15 is 0 Å². The maximum atomic E-state index is 6.06. The van der Waals surface area contributed by atoms with E-state index in [4.69, 9.17) is 9.31 Å². The fourth-order valence-electron chi connectivity index (χ4n) is 3.24. The average Bonchev–Trinajstić information content (AvgIpc) is 2.96. The van der Waals surface area contributed by atoms with Gasteiger partial charge in [0.1, 0.15) is 0 Å². The van der Waals surface area contributed by atoms with Gasteiger partial charge < -0.3 is 13.9 Å². The van der Waals surface area contributed by atoms with Crippen LogP contribution in [0.4, 0.5) is 0 Å². The Hall–Kier alpha value is -2.04. The lowest BCUT2D eigenvalue weighted by atomic mass is 9.90. The highest BCUT2D eigenvalue weighted by Gasteiger charge is 2.50. The molecule has 3 aromatic rings. The summed E-state index contributed by atoms with van der Waals surface area (Å²) in [5.74, 6) is 2.00. The predicted molar refractivity (Wildman–Crippen MR) is 101 cm³/mol. The molecule has 3 nitrogen and oxygen atoms in total. The molecule has 0 radical (unpaired) electrons. The Morgan fingerprint density at radius 1 is 0.792 bits per heavy atom. The molecule has 1 saturated heterocycles. The third-order valence-electron chi connectivity index (χ3n) is 5.28. The number of fused-ring (bicyclic) bond motifs is 3. The lowest BCUT2D eigenvalue weighted by molar-refractivity contribution is 0.00578. The van der Waals surface area contributed by atoms with E-state index in [0.29, 0.717) is 0 Å². The van der Waals surface area contributed by atoms with Crippen molar-refractivity contribution in [3.8, 4) is 0 Å². The molecule has 122 valence electrons. The highest BCUT2D eigenvalue weighted by Crippen LogP contribution is 2.37. The van der Waals surface area contributed by atoms with E-state index in [2.05, 4.69) is 87.0 Å². The Bertz CT molecular complexity index is 870. The molecule has 4 heteroatoms. The molecule has 0 bridgehead atoms. The fourth-order valence-corrected chi connectivity index (χ4v) is 3.24. The van der Waals surface area contributed by atoms with Crippen molar-refractivity contribution in [3.05, 3.63) is 54.5 Å². The summed E-state index contributed by atoms with van der Waals surface area (Å²) in [5, 5.41) is 2.51. The number of benzene rings is 2. The molecular formula is C20H22BNO2. The first kappa shape index (κ1) is 15.5. The summed E-state index contributed by atoms with van der Waals surface area (Å²) in [4.78, 5) is 0. The highest BCUT2D eigenvalue weighted by atomic mass is 16.7. The minimum Gasteiger partial charge on any atom is -0.400 e. The maximum absolute atomic E-state index is 6.06. The fraction of sp³-hybridized carbons (Fsp3) is 0.300. The highest BCUT2D eigenvalue weighted by molar-refractivity contribution is 6.52. The molecule has 1 fully saturated rings. The van der Waals surface area contributed by atoms with Gasteiger partial charge in [0.25, 0.3) is 0 Å². The van der Waals surface area contributed by atoms with Gasteiger partial charge in [-0.2, -0.15) is 0 Å². The zero-order valence-electron chi connectivity index (χ0n) is 14.6.